The van der Waals surface area contributed by atoms with Crippen LogP contribution in [0.3, 0.4) is 0 Å². The van der Waals surface area contributed by atoms with Crippen LogP contribution in [0.1, 0.15) is 41.8 Å². The summed E-state index contributed by atoms with van der Waals surface area (Å²) in [6, 6.07) is 11.3. The molecule has 11 heteroatoms. The maximum Gasteiger partial charge on any atom is 0.189 e. The van der Waals surface area contributed by atoms with Gasteiger partial charge in [-0.3, -0.25) is 9.97 Å². The summed E-state index contributed by atoms with van der Waals surface area (Å²) in [4.78, 5) is 11.1. The summed E-state index contributed by atoms with van der Waals surface area (Å²) < 4.78 is 32.8. The van der Waals surface area contributed by atoms with E-state index in [4.69, 9.17) is 18.9 Å². The van der Waals surface area contributed by atoms with Crippen molar-refractivity contribution in [3.05, 3.63) is 103 Å². The molecule has 7 heterocycles. The van der Waals surface area contributed by atoms with Crippen LogP contribution in [0.25, 0.3) is 11.0 Å². The lowest BCUT2D eigenvalue weighted by atomic mass is 10.1. The quantitative estimate of drug-likeness (QED) is 0.190. The second kappa shape index (κ2) is 12.9. The summed E-state index contributed by atoms with van der Waals surface area (Å²) >= 11 is 4.01. The fourth-order valence-corrected chi connectivity index (χ4v) is 7.04. The van der Waals surface area contributed by atoms with Crippen molar-refractivity contribution in [1.82, 2.24) is 18.7 Å². The Balaban J connectivity index is 1.11. The van der Waals surface area contributed by atoms with Crippen molar-refractivity contribution in [2.45, 2.75) is 0 Å². The maximum atomic E-state index is 5.95. The van der Waals surface area contributed by atoms with Crippen molar-refractivity contribution in [1.29, 1.82) is 0 Å². The van der Waals surface area contributed by atoms with E-state index in [1.54, 1.807) is 24.8 Å². The van der Waals surface area contributed by atoms with E-state index in [0.717, 1.165) is 53.5 Å². The monoisotopic (exact) mass is 666 g/mol. The van der Waals surface area contributed by atoms with Gasteiger partial charge in [0.15, 0.2) is 23.0 Å². The topological polar surface area (TPSA) is 88.5 Å². The number of hydrogen-bond acceptors (Lipinski definition) is 11. The Morgan fingerprint density at radius 1 is 0.447 bits per heavy atom. The van der Waals surface area contributed by atoms with Crippen LogP contribution in [0.5, 0.6) is 23.0 Å². The minimum absolute atomic E-state index is 0.451. The lowest BCUT2D eigenvalue weighted by molar-refractivity contribution is 0.172. The molecule has 8 nitrogen and oxygen atoms in total. The summed E-state index contributed by atoms with van der Waals surface area (Å²) in [5, 5.41) is 0. The van der Waals surface area contributed by atoms with E-state index in [2.05, 4.69) is 66.1 Å². The van der Waals surface area contributed by atoms with E-state index in [1.165, 1.54) is 22.7 Å². The second-order valence-electron chi connectivity index (χ2n) is 9.82. The first-order chi connectivity index (χ1) is 23.3. The molecule has 0 bridgehead atoms. The van der Waals surface area contributed by atoms with Crippen molar-refractivity contribution < 1.29 is 18.9 Å². The Labute approximate surface area is 281 Å². The zero-order valence-electron chi connectivity index (χ0n) is 24.2. The van der Waals surface area contributed by atoms with Crippen LogP contribution < -0.4 is 18.9 Å². The smallest absolute Gasteiger partial charge is 0.189 e. The molecule has 2 aliphatic heterocycles. The molecule has 0 saturated carbocycles. The van der Waals surface area contributed by atoms with Crippen molar-refractivity contribution in [2.75, 3.05) is 26.4 Å². The molecule has 1 aromatic carbocycles. The van der Waals surface area contributed by atoms with Gasteiger partial charge in [-0.25, -0.2) is 0 Å². The summed E-state index contributed by atoms with van der Waals surface area (Å²) in [7, 11) is 0. The molecule has 0 radical (unpaired) electrons. The molecule has 0 aliphatic carbocycles. The van der Waals surface area contributed by atoms with Gasteiger partial charge in [0.05, 0.1) is 22.9 Å². The number of fused-ring (bicyclic) bond motifs is 3. The third-order valence-corrected chi connectivity index (χ3v) is 9.33. The fraction of sp³-hybridized carbons (Fsp3) is 0.111. The molecule has 0 amide bonds. The molecule has 0 saturated heterocycles. The van der Waals surface area contributed by atoms with Crippen LogP contribution in [0.4, 0.5) is 0 Å². The van der Waals surface area contributed by atoms with E-state index >= 15 is 0 Å². The first-order valence-corrected chi connectivity index (χ1v) is 16.6. The molecule has 0 unspecified atom stereocenters. The minimum Gasteiger partial charge on any atom is -0.484 e. The highest BCUT2D eigenvalue weighted by Gasteiger charge is 2.24. The second-order valence-corrected chi connectivity index (χ2v) is 12.4. The highest BCUT2D eigenvalue weighted by atomic mass is 32.1. The summed E-state index contributed by atoms with van der Waals surface area (Å²) in [5.41, 5.74) is 4.58. The first kappa shape index (κ1) is 28.6. The highest BCUT2D eigenvalue weighted by molar-refractivity contribution is 7.14. The Morgan fingerprint density at radius 2 is 0.809 bits per heavy atom. The lowest BCUT2D eigenvalue weighted by Crippen LogP contribution is -2.15. The van der Waals surface area contributed by atoms with Gasteiger partial charge in [-0.15, -0.1) is 22.7 Å². The molecule has 0 fully saturated rings. The van der Waals surface area contributed by atoms with Gasteiger partial charge in [-0.2, -0.15) is 8.75 Å². The van der Waals surface area contributed by atoms with Crippen LogP contribution in [0.15, 0.2) is 61.2 Å². The predicted octanol–water partition coefficient (Wildman–Crippen LogP) is 5.75. The fourth-order valence-electron chi connectivity index (χ4n) is 4.68. The average Bonchev–Trinajstić information content (AvgIpc) is 3.86. The van der Waals surface area contributed by atoms with Gasteiger partial charge in [0.25, 0.3) is 0 Å². The van der Waals surface area contributed by atoms with Gasteiger partial charge in [-0.1, -0.05) is 23.7 Å². The van der Waals surface area contributed by atoms with Gasteiger partial charge in [0.1, 0.15) is 57.0 Å². The SMILES string of the molecule is C(#Cc1sc(C#Cc2ccc(C#Cc3sc(C#Cc4ccncc4)c4c3OCCO4)c3nsnc23)c2c1OCCO2)c1ccncc1. The highest BCUT2D eigenvalue weighted by Crippen LogP contribution is 2.44. The normalized spacial score (nSPS) is 12.3. The van der Waals surface area contributed by atoms with E-state index in [-0.39, 0.29) is 0 Å². The van der Waals surface area contributed by atoms with E-state index in [0.29, 0.717) is 60.5 Å². The number of aromatic nitrogens is 4. The van der Waals surface area contributed by atoms with Gasteiger partial charge < -0.3 is 18.9 Å². The van der Waals surface area contributed by atoms with E-state index < -0.39 is 0 Å². The number of hydrogen-bond donors (Lipinski definition) is 0. The summed E-state index contributed by atoms with van der Waals surface area (Å²) in [6.07, 6.45) is 6.86. The van der Waals surface area contributed by atoms with Gasteiger partial charge in [0, 0.05) is 35.9 Å². The molecular formula is C36H18N4O4S3. The van der Waals surface area contributed by atoms with Crippen LogP contribution in [0, 0.1) is 47.4 Å². The zero-order chi connectivity index (χ0) is 31.4. The van der Waals surface area contributed by atoms with Gasteiger partial charge in [-0.05, 0) is 60.1 Å². The molecule has 47 heavy (non-hydrogen) atoms. The lowest BCUT2D eigenvalue weighted by Gasteiger charge is -2.15. The minimum atomic E-state index is 0.451. The molecule has 0 spiro atoms. The standard InChI is InChI=1S/C36H18N4O4S3/c1(23-11-15-37-16-12-23)7-27-33-35(43-21-19-41-33)29(45-27)9-5-25-3-4-26(32-31(25)39-47-40-32)6-10-30-36-34(42-20-22-44-36)28(46-30)8-2-24-13-17-38-18-14-24/h3-4,11-18H,19-22H2. The van der Waals surface area contributed by atoms with Crippen molar-refractivity contribution >= 4 is 45.4 Å². The molecule has 8 rings (SSSR count). The molecule has 224 valence electrons. The van der Waals surface area contributed by atoms with Crippen LogP contribution in [0.2, 0.25) is 0 Å². The third-order valence-electron chi connectivity index (χ3n) is 6.84. The molecule has 0 atom stereocenters. The Morgan fingerprint density at radius 3 is 1.19 bits per heavy atom. The average molecular weight is 667 g/mol. The molecule has 6 aromatic rings. The molecule has 5 aromatic heterocycles. The first-order valence-electron chi connectivity index (χ1n) is 14.3. The largest absolute Gasteiger partial charge is 0.484 e. The number of benzene rings is 1. The molecule has 2 aliphatic rings. The van der Waals surface area contributed by atoms with Crippen LogP contribution in [-0.4, -0.2) is 45.1 Å². The molecular weight excluding hydrogens is 649 g/mol. The number of nitrogens with zero attached hydrogens (tertiary/aromatic N) is 4. The summed E-state index contributed by atoms with van der Waals surface area (Å²) in [6.45, 7) is 1.82. The van der Waals surface area contributed by atoms with Crippen molar-refractivity contribution in [3.8, 4) is 70.4 Å². The maximum absolute atomic E-state index is 5.95. The van der Waals surface area contributed by atoms with E-state index in [9.17, 15) is 0 Å². The van der Waals surface area contributed by atoms with Crippen molar-refractivity contribution in [2.24, 2.45) is 0 Å². The third kappa shape index (κ3) is 5.95. The van der Waals surface area contributed by atoms with Crippen LogP contribution >= 0.6 is 34.4 Å². The predicted molar refractivity (Wildman–Crippen MR) is 180 cm³/mol. The molecule has 0 N–H and O–H groups in total. The van der Waals surface area contributed by atoms with Crippen LogP contribution in [-0.2, 0) is 0 Å². The number of pyridine rings is 2. The number of thiophene rings is 2. The summed E-state index contributed by atoms with van der Waals surface area (Å²) in [5.74, 6) is 28.3. The zero-order valence-corrected chi connectivity index (χ0v) is 26.7. The number of rotatable bonds is 0. The Bertz CT molecular complexity index is 2240. The Hall–Kier alpha value is -5.82. The Kier molecular flexibility index (Phi) is 7.85. The number of ether oxygens (including phenoxy) is 4. The van der Waals surface area contributed by atoms with E-state index in [1.807, 2.05) is 36.4 Å². The van der Waals surface area contributed by atoms with Gasteiger partial charge in [0.2, 0.25) is 0 Å². The van der Waals surface area contributed by atoms with Gasteiger partial charge >= 0.3 is 0 Å². The van der Waals surface area contributed by atoms with Crippen molar-refractivity contribution in [3.63, 3.8) is 0 Å².